The van der Waals surface area contributed by atoms with Gasteiger partial charge in [-0.1, -0.05) is 26.0 Å². The normalized spacial score (nSPS) is 10.6. The van der Waals surface area contributed by atoms with E-state index in [2.05, 4.69) is 24.1 Å². The van der Waals surface area contributed by atoms with Gasteiger partial charge in [0.1, 0.15) is 17.2 Å². The molecular weight excluding hydrogens is 259 g/mol. The van der Waals surface area contributed by atoms with Crippen LogP contribution in [0.2, 0.25) is 0 Å². The molecule has 0 unspecified atom stereocenters. The topological polar surface area (TPSA) is 62.2 Å². The van der Waals surface area contributed by atoms with Crippen molar-refractivity contribution in [2.45, 2.75) is 19.8 Å². The lowest BCUT2D eigenvalue weighted by Crippen LogP contribution is -2.06. The maximum atomic E-state index is 13.1. The molecule has 0 bridgehead atoms. The van der Waals surface area contributed by atoms with E-state index < -0.39 is 11.8 Å². The van der Waals surface area contributed by atoms with E-state index in [1.807, 2.05) is 24.3 Å². The number of hydrogen-bond donors (Lipinski definition) is 2. The molecule has 0 fully saturated rings. The number of halogens is 1. The summed E-state index contributed by atoms with van der Waals surface area (Å²) in [4.78, 5) is 14.9. The number of aromatic nitrogens is 1. The molecule has 0 aliphatic rings. The molecule has 1 aromatic carbocycles. The van der Waals surface area contributed by atoms with Gasteiger partial charge in [0.2, 0.25) is 0 Å². The van der Waals surface area contributed by atoms with Gasteiger partial charge in [-0.25, -0.2) is 14.2 Å². The second-order valence-corrected chi connectivity index (χ2v) is 4.76. The second kappa shape index (κ2) is 5.69. The molecule has 20 heavy (non-hydrogen) atoms. The van der Waals surface area contributed by atoms with E-state index in [0.717, 1.165) is 23.5 Å². The molecule has 0 radical (unpaired) electrons. The fourth-order valence-electron chi connectivity index (χ4n) is 1.81. The Hall–Kier alpha value is -2.43. The molecule has 0 spiro atoms. The molecule has 2 rings (SSSR count). The smallest absolute Gasteiger partial charge is 0.339 e. The Morgan fingerprint density at radius 1 is 1.35 bits per heavy atom. The van der Waals surface area contributed by atoms with Gasteiger partial charge in [0.15, 0.2) is 0 Å². The first-order valence-corrected chi connectivity index (χ1v) is 6.23. The number of nitrogens with one attached hydrogen (secondary N) is 1. The zero-order chi connectivity index (χ0) is 14.7. The van der Waals surface area contributed by atoms with E-state index in [1.165, 1.54) is 0 Å². The number of hydrogen-bond acceptors (Lipinski definition) is 3. The Labute approximate surface area is 116 Å². The van der Waals surface area contributed by atoms with Crippen LogP contribution in [0.5, 0.6) is 0 Å². The maximum Gasteiger partial charge on any atom is 0.339 e. The molecule has 2 N–H and O–H groups in total. The third-order valence-corrected chi connectivity index (χ3v) is 2.90. The first kappa shape index (κ1) is 14.0. The van der Waals surface area contributed by atoms with Gasteiger partial charge in [0.05, 0.1) is 6.20 Å². The first-order valence-electron chi connectivity index (χ1n) is 6.23. The third-order valence-electron chi connectivity index (χ3n) is 2.90. The lowest BCUT2D eigenvalue weighted by atomic mass is 10.0. The molecule has 1 heterocycles. The molecule has 0 saturated heterocycles. The highest BCUT2D eigenvalue weighted by atomic mass is 19.1. The summed E-state index contributed by atoms with van der Waals surface area (Å²) in [5, 5.41) is 12.0. The van der Waals surface area contributed by atoms with E-state index in [0.29, 0.717) is 5.92 Å². The SMILES string of the molecule is CC(C)c1cccc(Nc2ncc(F)cc2C(=O)O)c1. The number of carbonyl (C=O) groups is 1. The molecule has 2 aromatic rings. The van der Waals surface area contributed by atoms with E-state index in [9.17, 15) is 9.18 Å². The Kier molecular flexibility index (Phi) is 3.98. The molecule has 0 saturated carbocycles. The van der Waals surface area contributed by atoms with E-state index in [4.69, 9.17) is 5.11 Å². The van der Waals surface area contributed by atoms with E-state index in [-0.39, 0.29) is 11.4 Å². The largest absolute Gasteiger partial charge is 0.478 e. The van der Waals surface area contributed by atoms with Crippen molar-refractivity contribution in [3.8, 4) is 0 Å². The number of nitrogens with zero attached hydrogens (tertiary/aromatic N) is 1. The van der Waals surface area contributed by atoms with Crippen molar-refractivity contribution >= 4 is 17.5 Å². The van der Waals surface area contributed by atoms with Gasteiger partial charge in [-0.2, -0.15) is 0 Å². The quantitative estimate of drug-likeness (QED) is 0.890. The fraction of sp³-hybridized carbons (Fsp3) is 0.200. The van der Waals surface area contributed by atoms with Crippen LogP contribution in [0.3, 0.4) is 0 Å². The van der Waals surface area contributed by atoms with Crippen molar-refractivity contribution in [2.75, 3.05) is 5.32 Å². The Morgan fingerprint density at radius 2 is 2.10 bits per heavy atom. The molecule has 0 amide bonds. The summed E-state index contributed by atoms with van der Waals surface area (Å²) < 4.78 is 13.1. The summed E-state index contributed by atoms with van der Waals surface area (Å²) in [6, 6.07) is 8.54. The number of pyridine rings is 1. The van der Waals surface area contributed by atoms with Crippen LogP contribution in [-0.4, -0.2) is 16.1 Å². The number of aromatic carboxylic acids is 1. The molecule has 0 atom stereocenters. The van der Waals surface area contributed by atoms with Gasteiger partial charge in [0.25, 0.3) is 0 Å². The average Bonchev–Trinajstić information content (AvgIpc) is 2.41. The van der Waals surface area contributed by atoms with Crippen LogP contribution in [-0.2, 0) is 0 Å². The van der Waals surface area contributed by atoms with Crippen LogP contribution in [0.4, 0.5) is 15.9 Å². The van der Waals surface area contributed by atoms with Crippen LogP contribution in [0, 0.1) is 5.82 Å². The molecule has 104 valence electrons. The van der Waals surface area contributed by atoms with E-state index in [1.54, 1.807) is 0 Å². The Balaban J connectivity index is 2.35. The molecule has 0 aliphatic heterocycles. The lowest BCUT2D eigenvalue weighted by Gasteiger charge is -2.11. The highest BCUT2D eigenvalue weighted by molar-refractivity contribution is 5.93. The monoisotopic (exact) mass is 274 g/mol. The molecular formula is C15H15FN2O2. The zero-order valence-electron chi connectivity index (χ0n) is 11.2. The summed E-state index contributed by atoms with van der Waals surface area (Å²) in [7, 11) is 0. The van der Waals surface area contributed by atoms with Crippen LogP contribution >= 0.6 is 0 Å². The van der Waals surface area contributed by atoms with Crippen molar-refractivity contribution in [1.82, 2.24) is 4.98 Å². The first-order chi connectivity index (χ1) is 9.47. The van der Waals surface area contributed by atoms with Gasteiger partial charge < -0.3 is 10.4 Å². The maximum absolute atomic E-state index is 13.1. The van der Waals surface area contributed by atoms with Crippen molar-refractivity contribution in [2.24, 2.45) is 0 Å². The number of benzene rings is 1. The van der Waals surface area contributed by atoms with Crippen LogP contribution in [0.15, 0.2) is 36.5 Å². The summed E-state index contributed by atoms with van der Waals surface area (Å²) in [5.74, 6) is -1.42. The van der Waals surface area contributed by atoms with Gasteiger partial charge in [-0.15, -0.1) is 0 Å². The minimum Gasteiger partial charge on any atom is -0.478 e. The number of rotatable bonds is 4. The number of anilines is 2. The minimum atomic E-state index is -1.22. The van der Waals surface area contributed by atoms with Crippen LogP contribution < -0.4 is 5.32 Å². The van der Waals surface area contributed by atoms with Crippen molar-refractivity contribution in [3.63, 3.8) is 0 Å². The Bertz CT molecular complexity index is 642. The summed E-state index contributed by atoms with van der Waals surface area (Å²) in [5.41, 5.74) is 1.65. The average molecular weight is 274 g/mol. The highest BCUT2D eigenvalue weighted by Crippen LogP contribution is 2.23. The molecule has 1 aromatic heterocycles. The number of carboxylic acid groups (broad SMARTS) is 1. The van der Waals surface area contributed by atoms with Crippen LogP contribution in [0.25, 0.3) is 0 Å². The van der Waals surface area contributed by atoms with Crippen molar-refractivity contribution in [1.29, 1.82) is 0 Å². The van der Waals surface area contributed by atoms with E-state index >= 15 is 0 Å². The Morgan fingerprint density at radius 3 is 2.75 bits per heavy atom. The molecule has 5 heteroatoms. The molecule has 4 nitrogen and oxygen atoms in total. The minimum absolute atomic E-state index is 0.125. The van der Waals surface area contributed by atoms with Gasteiger partial charge in [-0.05, 0) is 29.7 Å². The van der Waals surface area contributed by atoms with Crippen molar-refractivity contribution in [3.05, 3.63) is 53.5 Å². The zero-order valence-corrected chi connectivity index (χ0v) is 11.2. The number of carboxylic acids is 1. The predicted molar refractivity (Wildman–Crippen MR) is 75.0 cm³/mol. The van der Waals surface area contributed by atoms with Crippen molar-refractivity contribution < 1.29 is 14.3 Å². The lowest BCUT2D eigenvalue weighted by molar-refractivity contribution is 0.0697. The van der Waals surface area contributed by atoms with Gasteiger partial charge in [-0.3, -0.25) is 0 Å². The summed E-state index contributed by atoms with van der Waals surface area (Å²) in [6.45, 7) is 4.13. The predicted octanol–water partition coefficient (Wildman–Crippen LogP) is 3.79. The third kappa shape index (κ3) is 3.12. The standard InChI is InChI=1S/C15H15FN2O2/c1-9(2)10-4-3-5-12(6-10)18-14-13(15(19)20)7-11(16)8-17-14/h3-9H,1-2H3,(H,17,18)(H,19,20). The van der Waals surface area contributed by atoms with Crippen LogP contribution in [0.1, 0.15) is 35.7 Å². The molecule has 0 aliphatic carbocycles. The van der Waals surface area contributed by atoms with Gasteiger partial charge >= 0.3 is 5.97 Å². The van der Waals surface area contributed by atoms with Gasteiger partial charge in [0, 0.05) is 5.69 Å². The summed E-state index contributed by atoms with van der Waals surface area (Å²) in [6.07, 6.45) is 0.987. The summed E-state index contributed by atoms with van der Waals surface area (Å²) >= 11 is 0. The fourth-order valence-corrected chi connectivity index (χ4v) is 1.81. The second-order valence-electron chi connectivity index (χ2n) is 4.76. The highest BCUT2D eigenvalue weighted by Gasteiger charge is 2.13.